The second-order valence-corrected chi connectivity index (χ2v) is 8.10. The van der Waals surface area contributed by atoms with Crippen molar-refractivity contribution >= 4 is 45.2 Å². The smallest absolute Gasteiger partial charge is 0.344 e. The van der Waals surface area contributed by atoms with Crippen LogP contribution in [0.5, 0.6) is 5.75 Å². The number of carbonyl (C=O) groups is 2. The topological polar surface area (TPSA) is 79.2 Å². The second kappa shape index (κ2) is 9.96. The van der Waals surface area contributed by atoms with Crippen LogP contribution in [0.15, 0.2) is 115 Å². The van der Waals surface area contributed by atoms with Crippen LogP contribution in [0.2, 0.25) is 0 Å². The molecule has 0 bridgehead atoms. The third kappa shape index (κ3) is 4.56. The highest BCUT2D eigenvalue weighted by atomic mass is 16.5. The Morgan fingerprint density at radius 2 is 1.36 bits per heavy atom. The number of hydrogen-bond acceptors (Lipinski definition) is 4. The van der Waals surface area contributed by atoms with Crippen LogP contribution in [0.1, 0.15) is 15.9 Å². The first-order valence-electron chi connectivity index (χ1n) is 11.3. The van der Waals surface area contributed by atoms with Gasteiger partial charge in [0.15, 0.2) is 0 Å². The van der Waals surface area contributed by atoms with Crippen molar-refractivity contribution in [2.75, 3.05) is 5.32 Å². The number of carbonyl (C=O) groups excluding carboxylic acids is 2. The Labute approximate surface area is 207 Å². The number of nitriles is 1. The van der Waals surface area contributed by atoms with E-state index in [1.165, 1.54) is 6.08 Å². The van der Waals surface area contributed by atoms with Crippen LogP contribution in [-0.4, -0.2) is 11.9 Å². The fourth-order valence-corrected chi connectivity index (χ4v) is 4.08. The van der Waals surface area contributed by atoms with Crippen LogP contribution in [0.25, 0.3) is 27.6 Å². The van der Waals surface area contributed by atoms with E-state index in [0.29, 0.717) is 16.8 Å². The number of amides is 1. The zero-order valence-electron chi connectivity index (χ0n) is 19.1. The van der Waals surface area contributed by atoms with E-state index in [1.54, 1.807) is 36.4 Å². The minimum absolute atomic E-state index is 0.113. The fraction of sp³-hybridized carbons (Fsp3) is 0. The molecule has 0 heterocycles. The highest BCUT2D eigenvalue weighted by molar-refractivity contribution is 6.11. The molecule has 0 unspecified atom stereocenters. The first kappa shape index (κ1) is 22.6. The van der Waals surface area contributed by atoms with Gasteiger partial charge in [0.2, 0.25) is 0 Å². The summed E-state index contributed by atoms with van der Waals surface area (Å²) in [5, 5.41) is 15.9. The van der Waals surface area contributed by atoms with E-state index in [1.807, 2.05) is 78.9 Å². The quantitative estimate of drug-likeness (QED) is 0.134. The molecule has 5 rings (SSSR count). The summed E-state index contributed by atoms with van der Waals surface area (Å²) in [4.78, 5) is 26.1. The summed E-state index contributed by atoms with van der Waals surface area (Å²) < 4.78 is 5.87. The molecule has 36 heavy (non-hydrogen) atoms. The van der Waals surface area contributed by atoms with Gasteiger partial charge in [0, 0.05) is 11.3 Å². The van der Waals surface area contributed by atoms with Crippen LogP contribution < -0.4 is 10.1 Å². The Bertz CT molecular complexity index is 1680. The molecule has 1 amide bonds. The predicted octanol–water partition coefficient (Wildman–Crippen LogP) is 6.76. The zero-order valence-corrected chi connectivity index (χ0v) is 19.1. The van der Waals surface area contributed by atoms with Gasteiger partial charge >= 0.3 is 5.97 Å². The van der Waals surface area contributed by atoms with Crippen molar-refractivity contribution in [3.8, 4) is 11.8 Å². The number of rotatable bonds is 5. The largest absolute Gasteiger partial charge is 0.422 e. The average molecular weight is 469 g/mol. The van der Waals surface area contributed by atoms with Gasteiger partial charge in [-0.15, -0.1) is 0 Å². The second-order valence-electron chi connectivity index (χ2n) is 8.10. The first-order chi connectivity index (χ1) is 17.6. The first-order valence-corrected chi connectivity index (χ1v) is 11.3. The molecule has 5 aromatic rings. The third-order valence-corrected chi connectivity index (χ3v) is 5.83. The zero-order chi connectivity index (χ0) is 24.9. The number of nitrogens with zero attached hydrogens (tertiary/aromatic N) is 1. The normalized spacial score (nSPS) is 11.1. The minimum Gasteiger partial charge on any atom is -0.422 e. The number of esters is 1. The van der Waals surface area contributed by atoms with Gasteiger partial charge in [0.1, 0.15) is 17.4 Å². The van der Waals surface area contributed by atoms with E-state index in [9.17, 15) is 14.9 Å². The minimum atomic E-state index is -0.553. The lowest BCUT2D eigenvalue weighted by molar-refractivity contribution is -0.112. The molecule has 5 aromatic carbocycles. The van der Waals surface area contributed by atoms with Gasteiger partial charge in [-0.3, -0.25) is 4.79 Å². The summed E-state index contributed by atoms with van der Waals surface area (Å²) in [6.45, 7) is 0. The van der Waals surface area contributed by atoms with Crippen molar-refractivity contribution in [1.29, 1.82) is 5.26 Å². The Kier molecular flexibility index (Phi) is 6.25. The number of nitrogens with one attached hydrogen (secondary N) is 1. The van der Waals surface area contributed by atoms with Gasteiger partial charge in [-0.05, 0) is 51.9 Å². The molecule has 0 aliphatic rings. The van der Waals surface area contributed by atoms with Crippen molar-refractivity contribution in [2.45, 2.75) is 0 Å². The molecular weight excluding hydrogens is 448 g/mol. The van der Waals surface area contributed by atoms with Gasteiger partial charge in [-0.1, -0.05) is 84.9 Å². The molecule has 1 N–H and O–H groups in total. The fourth-order valence-electron chi connectivity index (χ4n) is 4.08. The maximum atomic E-state index is 13.3. The number of hydrogen-bond donors (Lipinski definition) is 1. The molecule has 0 aliphatic carbocycles. The molecule has 0 radical (unpaired) electrons. The maximum absolute atomic E-state index is 13.3. The Morgan fingerprint density at radius 1 is 0.722 bits per heavy atom. The lowest BCUT2D eigenvalue weighted by Gasteiger charge is -2.12. The number of anilines is 1. The molecule has 0 saturated heterocycles. The van der Waals surface area contributed by atoms with Crippen molar-refractivity contribution in [2.24, 2.45) is 0 Å². The molecule has 0 aliphatic heterocycles. The average Bonchev–Trinajstić information content (AvgIpc) is 2.92. The van der Waals surface area contributed by atoms with Gasteiger partial charge in [-0.2, -0.15) is 5.26 Å². The summed E-state index contributed by atoms with van der Waals surface area (Å²) in [6, 6.07) is 35.0. The van der Waals surface area contributed by atoms with E-state index in [-0.39, 0.29) is 11.3 Å². The highest BCUT2D eigenvalue weighted by Gasteiger charge is 2.18. The van der Waals surface area contributed by atoms with E-state index in [4.69, 9.17) is 4.74 Å². The number of para-hydroxylation sites is 1. The van der Waals surface area contributed by atoms with Crippen molar-refractivity contribution in [3.63, 3.8) is 0 Å². The van der Waals surface area contributed by atoms with Crippen molar-refractivity contribution in [3.05, 3.63) is 126 Å². The Morgan fingerprint density at radius 3 is 2.11 bits per heavy atom. The molecule has 0 fully saturated rings. The number of ether oxygens (including phenoxy) is 1. The van der Waals surface area contributed by atoms with Gasteiger partial charge in [0.05, 0.1) is 5.56 Å². The van der Waals surface area contributed by atoms with Crippen molar-refractivity contribution < 1.29 is 14.3 Å². The summed E-state index contributed by atoms with van der Waals surface area (Å²) in [5.74, 6) is -0.821. The molecular formula is C31H20N2O3. The van der Waals surface area contributed by atoms with E-state index in [2.05, 4.69) is 5.32 Å². The third-order valence-electron chi connectivity index (χ3n) is 5.83. The number of benzene rings is 5. The van der Waals surface area contributed by atoms with Crippen molar-refractivity contribution in [1.82, 2.24) is 0 Å². The van der Waals surface area contributed by atoms with Crippen LogP contribution in [0.4, 0.5) is 5.69 Å². The van der Waals surface area contributed by atoms with Crippen LogP contribution >= 0.6 is 0 Å². The summed E-state index contributed by atoms with van der Waals surface area (Å²) in [6.07, 6.45) is 1.46. The predicted molar refractivity (Wildman–Crippen MR) is 142 cm³/mol. The Balaban J connectivity index is 1.56. The standard InChI is InChI=1S/C31H20N2O3/c32-20-23(30(34)33-24-12-2-1-3-13-24)19-28-26-15-7-5-10-22(26)17-18-29(28)36-31(35)27-16-8-11-21-9-4-6-14-25(21)27/h1-19H,(H,33,34)/b23-19+. The van der Waals surface area contributed by atoms with Gasteiger partial charge in [0.25, 0.3) is 5.91 Å². The lowest BCUT2D eigenvalue weighted by Crippen LogP contribution is -2.14. The van der Waals surface area contributed by atoms with Gasteiger partial charge < -0.3 is 10.1 Å². The molecule has 0 atom stereocenters. The molecule has 172 valence electrons. The lowest BCUT2D eigenvalue weighted by atomic mass is 10.0. The SMILES string of the molecule is N#C/C(=C\c1c(OC(=O)c2cccc3ccccc23)ccc2ccccc12)C(=O)Nc1ccccc1. The molecule has 5 nitrogen and oxygen atoms in total. The van der Waals surface area contributed by atoms with Gasteiger partial charge in [-0.25, -0.2) is 4.79 Å². The molecule has 0 aromatic heterocycles. The molecule has 0 spiro atoms. The van der Waals surface area contributed by atoms with E-state index < -0.39 is 11.9 Å². The monoisotopic (exact) mass is 468 g/mol. The maximum Gasteiger partial charge on any atom is 0.344 e. The molecule has 0 saturated carbocycles. The number of fused-ring (bicyclic) bond motifs is 2. The Hall–Kier alpha value is -5.21. The summed E-state index contributed by atoms with van der Waals surface area (Å²) >= 11 is 0. The van der Waals surface area contributed by atoms with E-state index >= 15 is 0 Å². The molecule has 5 heteroatoms. The summed E-state index contributed by atoms with van der Waals surface area (Å²) in [7, 11) is 0. The van der Waals surface area contributed by atoms with Crippen LogP contribution in [0.3, 0.4) is 0 Å². The summed E-state index contributed by atoms with van der Waals surface area (Å²) in [5.41, 5.74) is 1.36. The highest BCUT2D eigenvalue weighted by Crippen LogP contribution is 2.32. The van der Waals surface area contributed by atoms with Crippen LogP contribution in [0, 0.1) is 11.3 Å². The van der Waals surface area contributed by atoms with E-state index in [0.717, 1.165) is 21.5 Å². The van der Waals surface area contributed by atoms with Crippen LogP contribution in [-0.2, 0) is 4.79 Å².